The van der Waals surface area contributed by atoms with Gasteiger partial charge in [-0.2, -0.15) is 0 Å². The van der Waals surface area contributed by atoms with Crippen LogP contribution in [0, 0.1) is 0 Å². The number of anilines is 1. The first-order valence-electron chi connectivity index (χ1n) is 13.2. The third kappa shape index (κ3) is 11.0. The van der Waals surface area contributed by atoms with Crippen LogP contribution in [0.2, 0.25) is 0 Å². The molecular weight excluding hydrogens is 556 g/mol. The number of fused-ring (bicyclic) bond motifs is 1. The number of aromatic amines is 1. The van der Waals surface area contributed by atoms with Crippen molar-refractivity contribution in [1.29, 1.82) is 0 Å². The molecule has 3 aromatic carbocycles. The zero-order valence-corrected chi connectivity index (χ0v) is 25.1. The molecule has 0 aliphatic heterocycles. The molecular formula is C31H39ClN6O4. The Hall–Kier alpha value is -4.25. The maximum atomic E-state index is 12.4. The minimum absolute atomic E-state index is 0. The molecule has 0 fully saturated rings. The lowest BCUT2D eigenvalue weighted by molar-refractivity contribution is -0.130. The summed E-state index contributed by atoms with van der Waals surface area (Å²) in [7, 11) is 3.56. The summed E-state index contributed by atoms with van der Waals surface area (Å²) in [5.41, 5.74) is 6.72. The van der Waals surface area contributed by atoms with Crippen molar-refractivity contribution in [2.75, 3.05) is 26.0 Å². The van der Waals surface area contributed by atoms with E-state index in [1.165, 1.54) is 23.3 Å². The smallest absolute Gasteiger partial charge is 0.250 e. The van der Waals surface area contributed by atoms with Crippen LogP contribution in [0.1, 0.15) is 25.0 Å². The van der Waals surface area contributed by atoms with Crippen LogP contribution < -0.4 is 16.4 Å². The molecule has 0 aliphatic rings. The topological polar surface area (TPSA) is 142 Å². The zero-order chi connectivity index (χ0) is 29.8. The zero-order valence-electron chi connectivity index (χ0n) is 24.3. The van der Waals surface area contributed by atoms with Gasteiger partial charge in [-0.3, -0.25) is 14.4 Å². The summed E-state index contributed by atoms with van der Waals surface area (Å²) in [5.74, 6) is -0.301. The first kappa shape index (κ1) is 34.0. The highest BCUT2D eigenvalue weighted by Gasteiger charge is 2.28. The van der Waals surface area contributed by atoms with Crippen molar-refractivity contribution in [3.05, 3.63) is 96.4 Å². The Bertz CT molecular complexity index is 1420. The van der Waals surface area contributed by atoms with Crippen molar-refractivity contribution < 1.29 is 19.1 Å². The molecule has 0 saturated heterocycles. The van der Waals surface area contributed by atoms with Gasteiger partial charge in [0.25, 0.3) is 5.91 Å². The SMILES string of the molecule is CC(C)(N)C(=O)N[C@H](COCc1ccccc1)C(=O)Nc1cnc[nH]1.CN(C)C(=O)Cc1ccc2ccccc2c1.Cl. The Morgan fingerprint density at radius 3 is 2.26 bits per heavy atom. The lowest BCUT2D eigenvalue weighted by atomic mass is 10.0. The molecule has 42 heavy (non-hydrogen) atoms. The maximum absolute atomic E-state index is 12.4. The number of nitrogens with zero attached hydrogens (tertiary/aromatic N) is 2. The van der Waals surface area contributed by atoms with Gasteiger partial charge in [0.1, 0.15) is 11.9 Å². The number of hydrogen-bond donors (Lipinski definition) is 4. The number of carbonyl (C=O) groups is 3. The van der Waals surface area contributed by atoms with Crippen molar-refractivity contribution in [3.8, 4) is 0 Å². The van der Waals surface area contributed by atoms with Gasteiger partial charge < -0.3 is 31.0 Å². The van der Waals surface area contributed by atoms with Crippen molar-refractivity contribution >= 4 is 46.7 Å². The number of H-pyrrole nitrogens is 1. The van der Waals surface area contributed by atoms with Crippen molar-refractivity contribution in [3.63, 3.8) is 0 Å². The van der Waals surface area contributed by atoms with Crippen LogP contribution in [-0.2, 0) is 32.1 Å². The predicted molar refractivity (Wildman–Crippen MR) is 167 cm³/mol. The molecule has 0 unspecified atom stereocenters. The van der Waals surface area contributed by atoms with Gasteiger partial charge in [0, 0.05) is 14.1 Å². The molecule has 0 spiro atoms. The van der Waals surface area contributed by atoms with Gasteiger partial charge >= 0.3 is 0 Å². The maximum Gasteiger partial charge on any atom is 0.250 e. The Morgan fingerprint density at radius 2 is 1.64 bits per heavy atom. The number of amides is 3. The van der Waals surface area contributed by atoms with Crippen LogP contribution in [0.4, 0.5) is 5.82 Å². The molecule has 0 saturated carbocycles. The summed E-state index contributed by atoms with van der Waals surface area (Å²) >= 11 is 0. The fourth-order valence-corrected chi connectivity index (χ4v) is 3.62. The number of ether oxygens (including phenoxy) is 1. The number of carbonyl (C=O) groups excluding carboxylic acids is 3. The van der Waals surface area contributed by atoms with Crippen LogP contribution in [-0.4, -0.2) is 64.9 Å². The van der Waals surface area contributed by atoms with Crippen LogP contribution in [0.3, 0.4) is 0 Å². The number of halogens is 1. The second-order valence-electron chi connectivity index (χ2n) is 10.3. The molecule has 3 amide bonds. The molecule has 5 N–H and O–H groups in total. The van der Waals surface area contributed by atoms with Gasteiger partial charge in [-0.05, 0) is 35.7 Å². The van der Waals surface area contributed by atoms with E-state index in [2.05, 4.69) is 44.9 Å². The standard InChI is InChI=1S/C17H23N5O3.C14H15NO.ClH/c1-17(2,18)16(24)21-13(15(23)22-14-8-19-11-20-14)10-25-9-12-6-4-3-5-7-12;1-15(2)14(16)10-11-7-8-12-5-3-4-6-13(12)9-11;/h3-8,11,13H,9-10,18H2,1-2H3,(H,19,20)(H,21,24)(H,22,23);3-9H,10H2,1-2H3;1H/t13-;;/m1../s1. The van der Waals surface area contributed by atoms with E-state index in [4.69, 9.17) is 10.5 Å². The molecule has 0 radical (unpaired) electrons. The molecule has 1 atom stereocenters. The third-order valence-corrected chi connectivity index (χ3v) is 6.03. The van der Waals surface area contributed by atoms with E-state index in [-0.39, 0.29) is 24.9 Å². The molecule has 0 aliphatic carbocycles. The predicted octanol–water partition coefficient (Wildman–Crippen LogP) is 3.68. The van der Waals surface area contributed by atoms with E-state index < -0.39 is 23.4 Å². The molecule has 224 valence electrons. The van der Waals surface area contributed by atoms with Gasteiger partial charge in [0.15, 0.2) is 0 Å². The fraction of sp³-hybridized carbons (Fsp3) is 0.290. The van der Waals surface area contributed by atoms with E-state index in [0.717, 1.165) is 11.1 Å². The summed E-state index contributed by atoms with van der Waals surface area (Å²) < 4.78 is 5.59. The van der Waals surface area contributed by atoms with E-state index >= 15 is 0 Å². The van der Waals surface area contributed by atoms with Gasteiger partial charge in [-0.1, -0.05) is 72.8 Å². The molecule has 1 aromatic heterocycles. The van der Waals surface area contributed by atoms with Gasteiger partial charge in [-0.25, -0.2) is 4.98 Å². The second kappa shape index (κ2) is 16.3. The second-order valence-corrected chi connectivity index (χ2v) is 10.3. The summed E-state index contributed by atoms with van der Waals surface area (Å²) in [6.07, 6.45) is 3.38. The summed E-state index contributed by atoms with van der Waals surface area (Å²) in [4.78, 5) is 44.3. The largest absolute Gasteiger partial charge is 0.374 e. The van der Waals surface area contributed by atoms with Crippen molar-refractivity contribution in [2.45, 2.75) is 38.5 Å². The van der Waals surface area contributed by atoms with Gasteiger partial charge in [0.2, 0.25) is 11.8 Å². The summed E-state index contributed by atoms with van der Waals surface area (Å²) in [5, 5.41) is 7.65. The fourth-order valence-electron chi connectivity index (χ4n) is 3.62. The average molecular weight is 595 g/mol. The Morgan fingerprint density at radius 1 is 0.976 bits per heavy atom. The normalized spacial score (nSPS) is 11.4. The van der Waals surface area contributed by atoms with E-state index in [1.54, 1.807) is 32.8 Å². The van der Waals surface area contributed by atoms with Crippen LogP contribution in [0.5, 0.6) is 0 Å². The minimum Gasteiger partial charge on any atom is -0.374 e. The number of nitrogens with two attached hydrogens (primary N) is 1. The first-order chi connectivity index (χ1) is 19.5. The number of imidazole rings is 1. The third-order valence-electron chi connectivity index (χ3n) is 6.03. The minimum atomic E-state index is -1.11. The van der Waals surface area contributed by atoms with E-state index in [9.17, 15) is 14.4 Å². The quantitative estimate of drug-likeness (QED) is 0.221. The van der Waals surface area contributed by atoms with Crippen molar-refractivity contribution in [1.82, 2.24) is 20.2 Å². The lowest BCUT2D eigenvalue weighted by Crippen LogP contribution is -2.56. The Labute approximate surface area is 252 Å². The highest BCUT2D eigenvalue weighted by molar-refractivity contribution is 5.98. The number of hydrogen-bond acceptors (Lipinski definition) is 6. The first-order valence-corrected chi connectivity index (χ1v) is 13.2. The number of rotatable bonds is 10. The number of benzene rings is 3. The summed E-state index contributed by atoms with van der Waals surface area (Å²) in [6, 6.07) is 23.0. The molecule has 11 heteroatoms. The monoisotopic (exact) mass is 594 g/mol. The highest BCUT2D eigenvalue weighted by Crippen LogP contribution is 2.16. The number of likely N-dealkylation sites (N-methyl/N-ethyl adjacent to an activating group) is 1. The van der Waals surface area contributed by atoms with Crippen molar-refractivity contribution in [2.24, 2.45) is 5.73 Å². The molecule has 4 aromatic rings. The summed E-state index contributed by atoms with van der Waals surface area (Å²) in [6.45, 7) is 3.47. The number of nitrogens with one attached hydrogen (secondary N) is 3. The van der Waals surface area contributed by atoms with Crippen LogP contribution in [0.15, 0.2) is 85.3 Å². The van der Waals surface area contributed by atoms with Crippen LogP contribution >= 0.6 is 12.4 Å². The molecule has 4 rings (SSSR count). The van der Waals surface area contributed by atoms with Crippen LogP contribution in [0.25, 0.3) is 10.8 Å². The average Bonchev–Trinajstić information content (AvgIpc) is 3.45. The molecule has 10 nitrogen and oxygen atoms in total. The lowest BCUT2D eigenvalue weighted by Gasteiger charge is -2.23. The highest BCUT2D eigenvalue weighted by atomic mass is 35.5. The Balaban J connectivity index is 0.000000313. The Kier molecular flexibility index (Phi) is 13.1. The van der Waals surface area contributed by atoms with Gasteiger partial charge in [0.05, 0.1) is 37.7 Å². The van der Waals surface area contributed by atoms with Gasteiger partial charge in [-0.15, -0.1) is 12.4 Å². The van der Waals surface area contributed by atoms with E-state index in [0.29, 0.717) is 18.8 Å². The molecule has 1 heterocycles. The molecule has 0 bridgehead atoms. The van der Waals surface area contributed by atoms with E-state index in [1.807, 2.05) is 48.5 Å². The number of aromatic nitrogens is 2.